The Labute approximate surface area is 236 Å². The zero-order chi connectivity index (χ0) is 28.1. The van der Waals surface area contributed by atoms with Crippen molar-refractivity contribution < 1.29 is 19.1 Å². The number of benzene rings is 2. The molecule has 2 heterocycles. The molecule has 8 heteroatoms. The number of likely N-dealkylation sites (tertiary alicyclic amines) is 1. The van der Waals surface area contributed by atoms with Crippen LogP contribution in [0.2, 0.25) is 0 Å². The Morgan fingerprint density at radius 1 is 1.12 bits per heavy atom. The SMILES string of the molecule is COc1ccc(C[C@@H](NC(=O)CCc2nc[nH]c2C)C(=O)N2CC(OCC3CCC3)(c3ccccc3C)C2)cc1. The van der Waals surface area contributed by atoms with E-state index in [4.69, 9.17) is 9.47 Å². The summed E-state index contributed by atoms with van der Waals surface area (Å²) in [5.74, 6) is 1.10. The van der Waals surface area contributed by atoms with Crippen molar-refractivity contribution in [2.45, 2.75) is 64.0 Å². The number of methoxy groups -OCH3 is 1. The lowest BCUT2D eigenvalue weighted by Crippen LogP contribution is -2.66. The van der Waals surface area contributed by atoms with Crippen molar-refractivity contribution in [3.8, 4) is 5.75 Å². The molecule has 1 aromatic heterocycles. The van der Waals surface area contributed by atoms with Crippen molar-refractivity contribution in [1.29, 1.82) is 0 Å². The summed E-state index contributed by atoms with van der Waals surface area (Å²) in [5.41, 5.74) is 4.57. The number of rotatable bonds is 12. The molecule has 2 amide bonds. The van der Waals surface area contributed by atoms with E-state index in [2.05, 4.69) is 34.3 Å². The second-order valence-corrected chi connectivity index (χ2v) is 11.3. The lowest BCUT2D eigenvalue weighted by Gasteiger charge is -2.52. The van der Waals surface area contributed by atoms with Crippen molar-refractivity contribution >= 4 is 11.8 Å². The molecule has 0 bridgehead atoms. The molecule has 3 aromatic rings. The molecule has 212 valence electrons. The third-order valence-corrected chi connectivity index (χ3v) is 8.42. The minimum atomic E-state index is -0.678. The first-order chi connectivity index (χ1) is 19.4. The number of aryl methyl sites for hydroxylation is 3. The summed E-state index contributed by atoms with van der Waals surface area (Å²) in [4.78, 5) is 36.1. The van der Waals surface area contributed by atoms with Crippen LogP contribution in [0.1, 0.15) is 53.8 Å². The molecule has 0 spiro atoms. The normalized spacial score (nSPS) is 17.0. The molecule has 2 aromatic carbocycles. The van der Waals surface area contributed by atoms with Gasteiger partial charge >= 0.3 is 0 Å². The summed E-state index contributed by atoms with van der Waals surface area (Å²) < 4.78 is 11.9. The van der Waals surface area contributed by atoms with E-state index in [1.165, 1.54) is 24.8 Å². The van der Waals surface area contributed by atoms with Crippen LogP contribution in [0.3, 0.4) is 0 Å². The molecule has 2 fully saturated rings. The van der Waals surface area contributed by atoms with E-state index < -0.39 is 11.6 Å². The number of imidazole rings is 1. The van der Waals surface area contributed by atoms with E-state index in [1.807, 2.05) is 48.2 Å². The number of nitrogens with zero attached hydrogens (tertiary/aromatic N) is 2. The van der Waals surface area contributed by atoms with E-state index in [0.717, 1.165) is 34.9 Å². The van der Waals surface area contributed by atoms with Gasteiger partial charge in [-0.25, -0.2) is 4.98 Å². The zero-order valence-corrected chi connectivity index (χ0v) is 23.7. The highest BCUT2D eigenvalue weighted by atomic mass is 16.5. The van der Waals surface area contributed by atoms with Gasteiger partial charge in [-0.15, -0.1) is 0 Å². The second kappa shape index (κ2) is 12.3. The van der Waals surface area contributed by atoms with Crippen LogP contribution in [0.25, 0.3) is 0 Å². The predicted molar refractivity (Wildman–Crippen MR) is 153 cm³/mol. The molecular formula is C32H40N4O4. The van der Waals surface area contributed by atoms with E-state index in [9.17, 15) is 9.59 Å². The lowest BCUT2D eigenvalue weighted by molar-refractivity contribution is -0.181. The van der Waals surface area contributed by atoms with Crippen LogP contribution < -0.4 is 10.1 Å². The summed E-state index contributed by atoms with van der Waals surface area (Å²) in [5, 5.41) is 3.03. The van der Waals surface area contributed by atoms with Gasteiger partial charge in [0.2, 0.25) is 11.8 Å². The number of hydrogen-bond acceptors (Lipinski definition) is 5. The quantitative estimate of drug-likeness (QED) is 0.355. The van der Waals surface area contributed by atoms with Crippen LogP contribution in [0.5, 0.6) is 5.75 Å². The third-order valence-electron chi connectivity index (χ3n) is 8.42. The highest BCUT2D eigenvalue weighted by molar-refractivity contribution is 5.88. The second-order valence-electron chi connectivity index (χ2n) is 11.3. The zero-order valence-electron chi connectivity index (χ0n) is 23.7. The van der Waals surface area contributed by atoms with Crippen molar-refractivity contribution in [3.63, 3.8) is 0 Å². The van der Waals surface area contributed by atoms with Crippen LogP contribution in [0.15, 0.2) is 54.9 Å². The number of carbonyl (C=O) groups is 2. The molecular weight excluding hydrogens is 504 g/mol. The number of ether oxygens (including phenoxy) is 2. The van der Waals surface area contributed by atoms with Gasteiger partial charge < -0.3 is 24.7 Å². The van der Waals surface area contributed by atoms with Gasteiger partial charge in [0, 0.05) is 25.0 Å². The fraction of sp³-hybridized carbons (Fsp3) is 0.469. The Morgan fingerprint density at radius 3 is 2.50 bits per heavy atom. The standard InChI is InChI=1S/C32H40N4O4/c1-22-7-4-5-10-27(22)32(40-18-25-8-6-9-25)19-36(20-32)31(38)29(17-24-11-13-26(39-3)14-12-24)35-30(37)16-15-28-23(2)33-21-34-28/h4-5,7,10-14,21,25,29H,6,8-9,15-20H2,1-3H3,(H,33,34)(H,35,37)/t29-/m1/s1. The van der Waals surface area contributed by atoms with Gasteiger partial charge in [-0.05, 0) is 61.4 Å². The van der Waals surface area contributed by atoms with Crippen LogP contribution in [0.4, 0.5) is 0 Å². The van der Waals surface area contributed by atoms with Crippen molar-refractivity contribution in [2.75, 3.05) is 26.8 Å². The summed E-state index contributed by atoms with van der Waals surface area (Å²) >= 11 is 0. The van der Waals surface area contributed by atoms with Gasteiger partial charge in [0.05, 0.1) is 38.8 Å². The fourth-order valence-electron chi connectivity index (χ4n) is 5.64. The smallest absolute Gasteiger partial charge is 0.245 e. The Bertz CT molecular complexity index is 1310. The molecule has 1 atom stereocenters. The third kappa shape index (κ3) is 6.22. The lowest BCUT2D eigenvalue weighted by atomic mass is 9.81. The van der Waals surface area contributed by atoms with Gasteiger partial charge in [0.25, 0.3) is 0 Å². The first kappa shape index (κ1) is 27.9. The highest BCUT2D eigenvalue weighted by Gasteiger charge is 2.50. The minimum absolute atomic E-state index is 0.0865. The number of nitrogens with one attached hydrogen (secondary N) is 2. The van der Waals surface area contributed by atoms with Gasteiger partial charge in [-0.2, -0.15) is 0 Å². The van der Waals surface area contributed by atoms with E-state index in [0.29, 0.717) is 31.8 Å². The van der Waals surface area contributed by atoms with Gasteiger partial charge in [-0.1, -0.05) is 42.8 Å². The van der Waals surface area contributed by atoms with Gasteiger partial charge in [0.1, 0.15) is 17.4 Å². The number of hydrogen-bond donors (Lipinski definition) is 2. The van der Waals surface area contributed by atoms with Gasteiger partial charge in [-0.3, -0.25) is 9.59 Å². The van der Waals surface area contributed by atoms with Crippen LogP contribution in [-0.4, -0.2) is 59.5 Å². The van der Waals surface area contributed by atoms with Crippen LogP contribution in [-0.2, 0) is 32.8 Å². The molecule has 1 aliphatic heterocycles. The van der Waals surface area contributed by atoms with Crippen molar-refractivity contribution in [2.24, 2.45) is 5.92 Å². The number of aromatic amines is 1. The van der Waals surface area contributed by atoms with Gasteiger partial charge in [0.15, 0.2) is 0 Å². The largest absolute Gasteiger partial charge is 0.497 e. The molecule has 1 aliphatic carbocycles. The minimum Gasteiger partial charge on any atom is -0.497 e. The maximum Gasteiger partial charge on any atom is 0.245 e. The van der Waals surface area contributed by atoms with Crippen LogP contribution in [0, 0.1) is 19.8 Å². The highest BCUT2D eigenvalue weighted by Crippen LogP contribution is 2.40. The number of carbonyl (C=O) groups excluding carboxylic acids is 2. The van der Waals surface area contributed by atoms with Crippen LogP contribution >= 0.6 is 0 Å². The molecule has 2 N–H and O–H groups in total. The predicted octanol–water partition coefficient (Wildman–Crippen LogP) is 4.25. The molecule has 0 radical (unpaired) electrons. The number of H-pyrrole nitrogens is 1. The Morgan fingerprint density at radius 2 is 1.88 bits per heavy atom. The maximum absolute atomic E-state index is 13.9. The summed E-state index contributed by atoms with van der Waals surface area (Å²) in [7, 11) is 1.63. The van der Waals surface area contributed by atoms with E-state index in [1.54, 1.807) is 13.4 Å². The first-order valence-electron chi connectivity index (χ1n) is 14.3. The molecule has 5 rings (SSSR count). The number of amides is 2. The maximum atomic E-state index is 13.9. The summed E-state index contributed by atoms with van der Waals surface area (Å²) in [6, 6.07) is 15.2. The Hall–Kier alpha value is -3.65. The molecule has 1 saturated heterocycles. The molecule has 0 unspecified atom stereocenters. The average Bonchev–Trinajstić information content (AvgIpc) is 3.32. The van der Waals surface area contributed by atoms with E-state index in [-0.39, 0.29) is 18.2 Å². The molecule has 1 saturated carbocycles. The average molecular weight is 545 g/mol. The summed E-state index contributed by atoms with van der Waals surface area (Å²) in [6.45, 7) is 5.71. The monoisotopic (exact) mass is 544 g/mol. The molecule has 2 aliphatic rings. The van der Waals surface area contributed by atoms with E-state index >= 15 is 0 Å². The van der Waals surface area contributed by atoms with Crippen molar-refractivity contribution in [1.82, 2.24) is 20.2 Å². The van der Waals surface area contributed by atoms with Crippen molar-refractivity contribution in [3.05, 3.63) is 82.9 Å². The topological polar surface area (TPSA) is 96.5 Å². The Kier molecular flexibility index (Phi) is 8.54. The first-order valence-corrected chi connectivity index (χ1v) is 14.3. The molecule has 40 heavy (non-hydrogen) atoms. The number of aromatic nitrogens is 2. The summed E-state index contributed by atoms with van der Waals surface area (Å²) in [6.07, 6.45) is 6.49. The molecule has 8 nitrogen and oxygen atoms in total. The fourth-order valence-corrected chi connectivity index (χ4v) is 5.64. The Balaban J connectivity index is 1.30.